The first-order valence-corrected chi connectivity index (χ1v) is 9.73. The fraction of sp³-hybridized carbons (Fsp3) is 0.579. The molecule has 1 aliphatic rings. The van der Waals surface area contributed by atoms with Crippen molar-refractivity contribution in [1.29, 1.82) is 0 Å². The molecule has 10 heteroatoms. The van der Waals surface area contributed by atoms with E-state index in [1.165, 1.54) is 6.07 Å². The summed E-state index contributed by atoms with van der Waals surface area (Å²) < 4.78 is 0. The van der Waals surface area contributed by atoms with Gasteiger partial charge in [0.25, 0.3) is 5.69 Å². The van der Waals surface area contributed by atoms with E-state index >= 15 is 0 Å². The minimum absolute atomic E-state index is 0. The standard InChI is InChI=1S/C19H30N6O3.HI/c1-4-20-19(23-15-9-12-24(13-15)18(26)14(2)3)22-11-10-21-16-7-5-6-8-17(16)25(27)28;/h5-8,14-15,21H,4,9-13H2,1-3H3,(H2,20,22,23);1H. The van der Waals surface area contributed by atoms with Crippen LogP contribution in [0.5, 0.6) is 0 Å². The van der Waals surface area contributed by atoms with Crippen LogP contribution in [0.25, 0.3) is 0 Å². The van der Waals surface area contributed by atoms with Crippen LogP contribution in [0.4, 0.5) is 11.4 Å². The first kappa shape index (κ1) is 24.9. The Kier molecular flexibility index (Phi) is 10.7. The molecule has 1 fully saturated rings. The number of nitrogens with zero attached hydrogens (tertiary/aromatic N) is 3. The van der Waals surface area contributed by atoms with E-state index in [1.54, 1.807) is 18.2 Å². The molecule has 162 valence electrons. The van der Waals surface area contributed by atoms with Crippen LogP contribution in [0, 0.1) is 16.0 Å². The average Bonchev–Trinajstić information content (AvgIpc) is 3.13. The van der Waals surface area contributed by atoms with E-state index in [1.807, 2.05) is 25.7 Å². The number of hydrogen-bond acceptors (Lipinski definition) is 5. The summed E-state index contributed by atoms with van der Waals surface area (Å²) in [5.41, 5.74) is 0.539. The number of guanidine groups is 1. The van der Waals surface area contributed by atoms with Crippen LogP contribution in [0.1, 0.15) is 27.2 Å². The van der Waals surface area contributed by atoms with E-state index < -0.39 is 4.92 Å². The molecular weight excluding hydrogens is 487 g/mol. The van der Waals surface area contributed by atoms with Crippen LogP contribution in [-0.2, 0) is 4.79 Å². The second-order valence-electron chi connectivity index (χ2n) is 7.03. The number of para-hydroxylation sites is 2. The van der Waals surface area contributed by atoms with Crippen LogP contribution in [-0.4, -0.2) is 60.5 Å². The van der Waals surface area contributed by atoms with Gasteiger partial charge in [0.1, 0.15) is 5.69 Å². The van der Waals surface area contributed by atoms with Crippen LogP contribution >= 0.6 is 24.0 Å². The highest BCUT2D eigenvalue weighted by molar-refractivity contribution is 14.0. The summed E-state index contributed by atoms with van der Waals surface area (Å²) in [6.45, 7) is 8.92. The van der Waals surface area contributed by atoms with Crippen molar-refractivity contribution in [2.75, 3.05) is 38.0 Å². The molecule has 2 rings (SSSR count). The molecule has 1 saturated heterocycles. The van der Waals surface area contributed by atoms with Crippen molar-refractivity contribution < 1.29 is 9.72 Å². The van der Waals surface area contributed by atoms with Gasteiger partial charge in [-0.25, -0.2) is 0 Å². The zero-order valence-electron chi connectivity index (χ0n) is 17.2. The Morgan fingerprint density at radius 1 is 1.38 bits per heavy atom. The van der Waals surface area contributed by atoms with Gasteiger partial charge in [0.15, 0.2) is 5.96 Å². The zero-order valence-corrected chi connectivity index (χ0v) is 19.5. The van der Waals surface area contributed by atoms with E-state index in [0.29, 0.717) is 31.3 Å². The first-order valence-electron chi connectivity index (χ1n) is 9.73. The number of carbonyl (C=O) groups excluding carboxylic acids is 1. The van der Waals surface area contributed by atoms with Crippen LogP contribution in [0.15, 0.2) is 29.3 Å². The fourth-order valence-corrected chi connectivity index (χ4v) is 3.10. The van der Waals surface area contributed by atoms with Gasteiger partial charge >= 0.3 is 0 Å². The minimum atomic E-state index is -0.401. The highest BCUT2D eigenvalue weighted by Crippen LogP contribution is 2.22. The number of benzene rings is 1. The van der Waals surface area contributed by atoms with Gasteiger partial charge < -0.3 is 20.9 Å². The van der Waals surface area contributed by atoms with Gasteiger partial charge in [0.05, 0.1) is 11.5 Å². The molecule has 1 heterocycles. The second-order valence-corrected chi connectivity index (χ2v) is 7.03. The van der Waals surface area contributed by atoms with E-state index in [2.05, 4.69) is 20.9 Å². The average molecular weight is 518 g/mol. The zero-order chi connectivity index (χ0) is 20.5. The number of nitro benzene ring substituents is 1. The summed E-state index contributed by atoms with van der Waals surface area (Å²) in [7, 11) is 0. The number of carbonyl (C=O) groups is 1. The molecule has 0 radical (unpaired) electrons. The largest absolute Gasteiger partial charge is 0.378 e. The summed E-state index contributed by atoms with van der Waals surface area (Å²) in [5, 5.41) is 20.7. The molecule has 9 nitrogen and oxygen atoms in total. The van der Waals surface area contributed by atoms with Gasteiger partial charge in [0, 0.05) is 44.2 Å². The Morgan fingerprint density at radius 2 is 2.10 bits per heavy atom. The summed E-state index contributed by atoms with van der Waals surface area (Å²) in [6, 6.07) is 6.73. The highest BCUT2D eigenvalue weighted by atomic mass is 127. The summed E-state index contributed by atoms with van der Waals surface area (Å²) >= 11 is 0. The maximum Gasteiger partial charge on any atom is 0.292 e. The number of rotatable bonds is 8. The highest BCUT2D eigenvalue weighted by Gasteiger charge is 2.27. The maximum absolute atomic E-state index is 12.1. The molecule has 0 aromatic heterocycles. The number of likely N-dealkylation sites (tertiary alicyclic amines) is 1. The molecule has 1 unspecified atom stereocenters. The molecular formula is C19H31IN6O3. The minimum Gasteiger partial charge on any atom is -0.378 e. The summed E-state index contributed by atoms with van der Waals surface area (Å²) in [6.07, 6.45) is 0.886. The number of hydrogen-bond donors (Lipinski definition) is 3. The Hall–Kier alpha value is -2.11. The molecule has 0 spiro atoms. The van der Waals surface area contributed by atoms with Crippen molar-refractivity contribution in [1.82, 2.24) is 15.5 Å². The SMILES string of the molecule is CCNC(=NCCNc1ccccc1[N+](=O)[O-])NC1CCN(C(=O)C(C)C)C1.I. The van der Waals surface area contributed by atoms with Gasteiger partial charge in [0.2, 0.25) is 5.91 Å². The lowest BCUT2D eigenvalue weighted by atomic mass is 10.2. The van der Waals surface area contributed by atoms with Gasteiger partial charge in [-0.15, -0.1) is 24.0 Å². The monoisotopic (exact) mass is 518 g/mol. The van der Waals surface area contributed by atoms with E-state index in [4.69, 9.17) is 0 Å². The van der Waals surface area contributed by atoms with Crippen molar-refractivity contribution in [3.8, 4) is 0 Å². The Labute approximate surface area is 188 Å². The molecule has 1 amide bonds. The third-order valence-corrected chi connectivity index (χ3v) is 4.48. The number of nitrogens with one attached hydrogen (secondary N) is 3. The van der Waals surface area contributed by atoms with Crippen molar-refractivity contribution in [2.24, 2.45) is 10.9 Å². The molecule has 1 aromatic carbocycles. The van der Waals surface area contributed by atoms with Crippen molar-refractivity contribution >= 4 is 47.2 Å². The third-order valence-electron chi connectivity index (χ3n) is 4.48. The lowest BCUT2D eigenvalue weighted by Crippen LogP contribution is -2.45. The molecule has 1 aliphatic heterocycles. The van der Waals surface area contributed by atoms with Gasteiger partial charge in [-0.05, 0) is 19.4 Å². The molecule has 0 saturated carbocycles. The molecule has 1 aromatic rings. The maximum atomic E-state index is 12.1. The molecule has 0 aliphatic carbocycles. The number of nitro groups is 1. The first-order chi connectivity index (χ1) is 13.4. The summed E-state index contributed by atoms with van der Waals surface area (Å²) in [5.74, 6) is 0.879. The topological polar surface area (TPSA) is 112 Å². The fourth-order valence-electron chi connectivity index (χ4n) is 3.10. The Morgan fingerprint density at radius 3 is 2.76 bits per heavy atom. The second kappa shape index (κ2) is 12.5. The molecule has 3 N–H and O–H groups in total. The smallest absolute Gasteiger partial charge is 0.292 e. The third kappa shape index (κ3) is 7.67. The van der Waals surface area contributed by atoms with E-state index in [-0.39, 0.29) is 47.5 Å². The van der Waals surface area contributed by atoms with Crippen molar-refractivity contribution in [2.45, 2.75) is 33.2 Å². The number of halogens is 1. The van der Waals surface area contributed by atoms with Gasteiger partial charge in [-0.3, -0.25) is 19.9 Å². The quantitative estimate of drug-likeness (QED) is 0.122. The van der Waals surface area contributed by atoms with E-state index in [0.717, 1.165) is 19.5 Å². The normalized spacial score (nSPS) is 16.3. The van der Waals surface area contributed by atoms with Crippen LogP contribution in [0.2, 0.25) is 0 Å². The van der Waals surface area contributed by atoms with E-state index in [9.17, 15) is 14.9 Å². The number of aliphatic imine (C=N–C) groups is 1. The van der Waals surface area contributed by atoms with Crippen molar-refractivity contribution in [3.05, 3.63) is 34.4 Å². The number of amides is 1. The van der Waals surface area contributed by atoms with Crippen LogP contribution < -0.4 is 16.0 Å². The lowest BCUT2D eigenvalue weighted by Gasteiger charge is -2.20. The van der Waals surface area contributed by atoms with Crippen molar-refractivity contribution in [3.63, 3.8) is 0 Å². The van der Waals surface area contributed by atoms with Gasteiger partial charge in [-0.1, -0.05) is 26.0 Å². The Bertz CT molecular complexity index is 713. The predicted molar refractivity (Wildman–Crippen MR) is 126 cm³/mol. The van der Waals surface area contributed by atoms with Crippen LogP contribution in [0.3, 0.4) is 0 Å². The van der Waals surface area contributed by atoms with Gasteiger partial charge in [-0.2, -0.15) is 0 Å². The molecule has 29 heavy (non-hydrogen) atoms. The molecule has 0 bridgehead atoms. The molecule has 1 atom stereocenters. The number of anilines is 1. The predicted octanol–water partition coefficient (Wildman–Crippen LogP) is 2.44. The lowest BCUT2D eigenvalue weighted by molar-refractivity contribution is -0.384. The Balaban J connectivity index is 0.00000420. The summed E-state index contributed by atoms with van der Waals surface area (Å²) in [4.78, 5) is 29.2.